The molecule has 2 aromatic rings. The first-order chi connectivity index (χ1) is 16.0. The summed E-state index contributed by atoms with van der Waals surface area (Å²) in [6, 6.07) is 15.5. The number of hydrogen-bond acceptors (Lipinski definition) is 6. The van der Waals surface area contributed by atoms with E-state index < -0.39 is 37.7 Å². The summed E-state index contributed by atoms with van der Waals surface area (Å²) in [5.41, 5.74) is -0.681. The first-order valence-corrected chi connectivity index (χ1v) is 14.0. The Balaban J connectivity index is 1.52. The number of nitrogens with zero attached hydrogens (tertiary/aromatic N) is 2. The molecule has 182 valence electrons. The Morgan fingerprint density at radius 2 is 1.47 bits per heavy atom. The third-order valence-corrected chi connectivity index (χ3v) is 10.0. The van der Waals surface area contributed by atoms with Gasteiger partial charge in [-0.15, -0.1) is 0 Å². The van der Waals surface area contributed by atoms with Crippen LogP contribution in [-0.4, -0.2) is 56.3 Å². The summed E-state index contributed by atoms with van der Waals surface area (Å²) in [5, 5.41) is 0. The number of ether oxygens (including phenoxy) is 1. The van der Waals surface area contributed by atoms with E-state index in [9.17, 15) is 21.6 Å². The Hall–Kier alpha value is -2.53. The van der Waals surface area contributed by atoms with Crippen LogP contribution in [0.3, 0.4) is 0 Å². The highest BCUT2D eigenvalue weighted by atomic mass is 32.2. The SMILES string of the molecule is CC1(C)OC[C@@H](CCC2=CCCN(S(=O)(=O)c3ccccc3)C2=O)N1S(=O)(=O)c1ccccc1. The van der Waals surface area contributed by atoms with E-state index in [1.807, 2.05) is 0 Å². The molecule has 0 N–H and O–H groups in total. The van der Waals surface area contributed by atoms with Crippen molar-refractivity contribution in [3.05, 3.63) is 72.3 Å². The highest BCUT2D eigenvalue weighted by molar-refractivity contribution is 7.89. The first-order valence-electron chi connectivity index (χ1n) is 11.1. The predicted molar refractivity (Wildman–Crippen MR) is 127 cm³/mol. The van der Waals surface area contributed by atoms with Gasteiger partial charge in [-0.05, 0) is 57.4 Å². The van der Waals surface area contributed by atoms with Crippen LogP contribution in [-0.2, 0) is 29.6 Å². The van der Waals surface area contributed by atoms with Crippen LogP contribution in [0.1, 0.15) is 33.1 Å². The van der Waals surface area contributed by atoms with E-state index in [1.165, 1.54) is 16.4 Å². The number of rotatable bonds is 7. The maximum atomic E-state index is 13.4. The largest absolute Gasteiger partial charge is 0.358 e. The van der Waals surface area contributed by atoms with Crippen LogP contribution in [0, 0.1) is 0 Å². The van der Waals surface area contributed by atoms with Crippen molar-refractivity contribution < 1.29 is 26.4 Å². The van der Waals surface area contributed by atoms with Gasteiger partial charge in [0.2, 0.25) is 10.0 Å². The summed E-state index contributed by atoms with van der Waals surface area (Å²) in [5.74, 6) is -0.564. The van der Waals surface area contributed by atoms with Crippen LogP contribution in [0.2, 0.25) is 0 Å². The molecule has 0 spiro atoms. The van der Waals surface area contributed by atoms with E-state index in [1.54, 1.807) is 68.5 Å². The molecule has 2 aliphatic heterocycles. The van der Waals surface area contributed by atoms with E-state index in [4.69, 9.17) is 4.74 Å². The summed E-state index contributed by atoms with van der Waals surface area (Å²) >= 11 is 0. The molecule has 1 saturated heterocycles. The van der Waals surface area contributed by atoms with Crippen LogP contribution in [0.5, 0.6) is 0 Å². The van der Waals surface area contributed by atoms with Crippen molar-refractivity contribution in [1.29, 1.82) is 0 Å². The fraction of sp³-hybridized carbons (Fsp3) is 0.375. The monoisotopic (exact) mass is 504 g/mol. The lowest BCUT2D eigenvalue weighted by Crippen LogP contribution is -2.47. The van der Waals surface area contributed by atoms with Gasteiger partial charge in [-0.1, -0.05) is 42.5 Å². The fourth-order valence-corrected chi connectivity index (χ4v) is 7.80. The Morgan fingerprint density at radius 1 is 0.912 bits per heavy atom. The van der Waals surface area contributed by atoms with Gasteiger partial charge in [0.25, 0.3) is 15.9 Å². The second-order valence-corrected chi connectivity index (χ2v) is 12.5. The van der Waals surface area contributed by atoms with Crippen molar-refractivity contribution >= 4 is 26.0 Å². The zero-order valence-electron chi connectivity index (χ0n) is 19.1. The van der Waals surface area contributed by atoms with Gasteiger partial charge in [0.1, 0.15) is 5.72 Å². The number of carbonyl (C=O) groups excluding carboxylic acids is 1. The minimum absolute atomic E-state index is 0.0654. The van der Waals surface area contributed by atoms with E-state index in [2.05, 4.69) is 0 Å². The minimum Gasteiger partial charge on any atom is -0.358 e. The number of hydrogen-bond donors (Lipinski definition) is 0. The summed E-state index contributed by atoms with van der Waals surface area (Å²) < 4.78 is 60.9. The topological polar surface area (TPSA) is 101 Å². The van der Waals surface area contributed by atoms with Crippen LogP contribution in [0.15, 0.2) is 82.1 Å². The van der Waals surface area contributed by atoms with E-state index in [0.29, 0.717) is 18.4 Å². The van der Waals surface area contributed by atoms with Gasteiger partial charge in [0.15, 0.2) is 0 Å². The van der Waals surface area contributed by atoms with E-state index >= 15 is 0 Å². The molecule has 10 heteroatoms. The second kappa shape index (κ2) is 9.26. The number of sulfonamides is 2. The van der Waals surface area contributed by atoms with Gasteiger partial charge in [-0.3, -0.25) is 4.79 Å². The standard InChI is InChI=1S/C24H28N2O6S2/c1-24(2)26(34(30,31)22-13-7-4-8-14-22)20(18-32-24)16-15-19-10-9-17-25(23(19)27)33(28,29)21-11-5-3-6-12-21/h3-8,10-14,20H,9,15-18H2,1-2H3/t20-/m1/s1. The Bertz CT molecular complexity index is 1290. The molecule has 1 fully saturated rings. The van der Waals surface area contributed by atoms with Crippen LogP contribution in [0.4, 0.5) is 0 Å². The molecule has 34 heavy (non-hydrogen) atoms. The molecule has 2 aliphatic rings. The average molecular weight is 505 g/mol. The molecule has 0 bridgehead atoms. The lowest BCUT2D eigenvalue weighted by Gasteiger charge is -2.33. The van der Waals surface area contributed by atoms with Gasteiger partial charge in [0.05, 0.1) is 22.4 Å². The van der Waals surface area contributed by atoms with Crippen LogP contribution < -0.4 is 0 Å². The van der Waals surface area contributed by atoms with Crippen molar-refractivity contribution in [2.75, 3.05) is 13.2 Å². The van der Waals surface area contributed by atoms with Gasteiger partial charge in [-0.25, -0.2) is 21.1 Å². The highest BCUT2D eigenvalue weighted by Gasteiger charge is 2.48. The third kappa shape index (κ3) is 4.55. The number of carbonyl (C=O) groups is 1. The lowest BCUT2D eigenvalue weighted by molar-refractivity contribution is -0.123. The molecular formula is C24H28N2O6S2. The quantitative estimate of drug-likeness (QED) is 0.574. The molecule has 0 unspecified atom stereocenters. The summed E-state index contributed by atoms with van der Waals surface area (Å²) in [6.07, 6.45) is 2.72. The number of benzene rings is 2. The molecule has 2 aromatic carbocycles. The molecule has 0 saturated carbocycles. The van der Waals surface area contributed by atoms with E-state index in [-0.39, 0.29) is 29.4 Å². The molecule has 0 radical (unpaired) electrons. The van der Waals surface area contributed by atoms with Crippen molar-refractivity contribution in [1.82, 2.24) is 8.61 Å². The third-order valence-electron chi connectivity index (χ3n) is 6.09. The molecule has 0 aliphatic carbocycles. The molecular weight excluding hydrogens is 476 g/mol. The number of amides is 1. The van der Waals surface area contributed by atoms with Gasteiger partial charge in [-0.2, -0.15) is 4.31 Å². The van der Waals surface area contributed by atoms with E-state index in [0.717, 1.165) is 4.31 Å². The highest BCUT2D eigenvalue weighted by Crippen LogP contribution is 2.36. The zero-order valence-corrected chi connectivity index (χ0v) is 20.8. The van der Waals surface area contributed by atoms with Crippen LogP contribution >= 0.6 is 0 Å². The maximum Gasteiger partial charge on any atom is 0.266 e. The first kappa shape index (κ1) is 24.6. The smallest absolute Gasteiger partial charge is 0.266 e. The van der Waals surface area contributed by atoms with Crippen molar-refractivity contribution in [2.24, 2.45) is 0 Å². The molecule has 1 atom stereocenters. The van der Waals surface area contributed by atoms with Gasteiger partial charge < -0.3 is 4.74 Å². The summed E-state index contributed by atoms with van der Waals surface area (Å²) in [7, 11) is -7.79. The molecule has 0 aromatic heterocycles. The van der Waals surface area contributed by atoms with Crippen molar-refractivity contribution in [3.63, 3.8) is 0 Å². The molecule has 4 rings (SSSR count). The van der Waals surface area contributed by atoms with Gasteiger partial charge >= 0.3 is 0 Å². The van der Waals surface area contributed by atoms with Gasteiger partial charge in [0, 0.05) is 12.1 Å². The summed E-state index contributed by atoms with van der Waals surface area (Å²) in [4.78, 5) is 13.3. The maximum absolute atomic E-state index is 13.4. The fourth-order valence-electron chi connectivity index (χ4n) is 4.45. The second-order valence-electron chi connectivity index (χ2n) is 8.78. The molecule has 8 nitrogen and oxygen atoms in total. The predicted octanol–water partition coefficient (Wildman–Crippen LogP) is 3.14. The Morgan fingerprint density at radius 3 is 2.06 bits per heavy atom. The van der Waals surface area contributed by atoms with Crippen LogP contribution in [0.25, 0.3) is 0 Å². The van der Waals surface area contributed by atoms with Crippen molar-refractivity contribution in [3.8, 4) is 0 Å². The van der Waals surface area contributed by atoms with Crippen molar-refractivity contribution in [2.45, 2.75) is 54.7 Å². The normalized spacial score (nSPS) is 21.5. The average Bonchev–Trinajstić information content (AvgIpc) is 3.14. The molecule has 2 heterocycles. The Kier molecular flexibility index (Phi) is 6.69. The Labute approximate surface area is 200 Å². The summed E-state index contributed by atoms with van der Waals surface area (Å²) in [6.45, 7) is 3.67. The lowest BCUT2D eigenvalue weighted by atomic mass is 10.0. The minimum atomic E-state index is -3.96. The molecule has 1 amide bonds. The zero-order chi connectivity index (χ0) is 24.6.